The number of alkyl halides is 3. The van der Waals surface area contributed by atoms with E-state index in [1.165, 1.54) is 4.57 Å². The summed E-state index contributed by atoms with van der Waals surface area (Å²) in [7, 11) is 0. The van der Waals surface area contributed by atoms with Gasteiger partial charge in [-0.25, -0.2) is 0 Å². The van der Waals surface area contributed by atoms with Gasteiger partial charge >= 0.3 is 6.18 Å². The number of likely N-dealkylation sites (tertiary alicyclic amines) is 1. The maximum atomic E-state index is 13.3. The Morgan fingerprint density at radius 2 is 1.89 bits per heavy atom. The van der Waals surface area contributed by atoms with Crippen molar-refractivity contribution < 1.29 is 18.0 Å². The molecular weight excluding hydrogens is 355 g/mol. The summed E-state index contributed by atoms with van der Waals surface area (Å²) in [5, 5.41) is 0. The van der Waals surface area contributed by atoms with Crippen LogP contribution >= 0.6 is 0 Å². The zero-order chi connectivity index (χ0) is 19.6. The molecule has 0 radical (unpaired) electrons. The lowest BCUT2D eigenvalue weighted by Gasteiger charge is -2.30. The second-order valence-electron chi connectivity index (χ2n) is 7.13. The summed E-state index contributed by atoms with van der Waals surface area (Å²) < 4.78 is 39.8. The molecule has 0 N–H and O–H groups in total. The number of amides is 1. The van der Waals surface area contributed by atoms with E-state index in [2.05, 4.69) is 4.98 Å². The van der Waals surface area contributed by atoms with Gasteiger partial charge in [0.15, 0.2) is 0 Å². The van der Waals surface area contributed by atoms with Crippen molar-refractivity contribution in [2.45, 2.75) is 58.3 Å². The van der Waals surface area contributed by atoms with Gasteiger partial charge in [-0.3, -0.25) is 9.78 Å². The largest absolute Gasteiger partial charge is 0.406 e. The van der Waals surface area contributed by atoms with Crippen molar-refractivity contribution in [3.8, 4) is 0 Å². The minimum Gasteiger partial charge on any atom is -0.339 e. The van der Waals surface area contributed by atoms with E-state index < -0.39 is 12.7 Å². The third-order valence-corrected chi connectivity index (χ3v) is 5.25. The van der Waals surface area contributed by atoms with Crippen molar-refractivity contribution in [2.24, 2.45) is 0 Å². The molecule has 27 heavy (non-hydrogen) atoms. The fraction of sp³-hybridized carbons (Fsp3) is 0.500. The molecule has 1 atom stereocenters. The van der Waals surface area contributed by atoms with Gasteiger partial charge in [0.1, 0.15) is 6.54 Å². The predicted molar refractivity (Wildman–Crippen MR) is 96.4 cm³/mol. The van der Waals surface area contributed by atoms with Crippen LogP contribution in [0.25, 0.3) is 0 Å². The van der Waals surface area contributed by atoms with Crippen molar-refractivity contribution in [1.29, 1.82) is 0 Å². The van der Waals surface area contributed by atoms with Gasteiger partial charge < -0.3 is 9.47 Å². The maximum absolute atomic E-state index is 13.3. The Morgan fingerprint density at radius 1 is 1.19 bits per heavy atom. The molecule has 1 aliphatic rings. The fourth-order valence-electron chi connectivity index (χ4n) is 3.88. The van der Waals surface area contributed by atoms with Crippen molar-refractivity contribution in [1.82, 2.24) is 14.5 Å². The molecule has 3 rings (SSSR count). The van der Waals surface area contributed by atoms with E-state index in [-0.39, 0.29) is 11.9 Å². The zero-order valence-electron chi connectivity index (χ0n) is 15.6. The molecule has 2 aromatic heterocycles. The first-order chi connectivity index (χ1) is 12.8. The van der Waals surface area contributed by atoms with Gasteiger partial charge in [0.2, 0.25) is 0 Å². The molecule has 0 saturated carbocycles. The van der Waals surface area contributed by atoms with E-state index >= 15 is 0 Å². The lowest BCUT2D eigenvalue weighted by Crippen LogP contribution is -2.35. The first kappa shape index (κ1) is 19.5. The third-order valence-electron chi connectivity index (χ3n) is 5.25. The van der Waals surface area contributed by atoms with Crippen molar-refractivity contribution in [2.75, 3.05) is 6.54 Å². The van der Waals surface area contributed by atoms with Gasteiger partial charge in [-0.2, -0.15) is 13.2 Å². The molecule has 0 aliphatic carbocycles. The Morgan fingerprint density at radius 3 is 2.56 bits per heavy atom. The highest BCUT2D eigenvalue weighted by Gasteiger charge is 2.33. The van der Waals surface area contributed by atoms with Gasteiger partial charge in [0.05, 0.1) is 11.6 Å². The van der Waals surface area contributed by atoms with Crippen molar-refractivity contribution in [3.63, 3.8) is 0 Å². The Labute approximate surface area is 157 Å². The number of aromatic nitrogens is 2. The standard InChI is InChI=1S/C20H24F3N3O/c1-14-12-17(15(2)26(14)13-20(21,22)23)19(27)25-11-5-3-4-6-18(25)16-7-9-24-10-8-16/h7-10,12,18H,3-6,11,13H2,1-2H3/t18-/m0/s1. The molecule has 3 heterocycles. The van der Waals surface area contributed by atoms with E-state index in [0.717, 1.165) is 31.2 Å². The molecule has 146 valence electrons. The van der Waals surface area contributed by atoms with Crippen LogP contribution in [-0.4, -0.2) is 33.1 Å². The van der Waals surface area contributed by atoms with E-state index in [4.69, 9.17) is 0 Å². The van der Waals surface area contributed by atoms with Crippen molar-refractivity contribution in [3.05, 3.63) is 53.1 Å². The van der Waals surface area contributed by atoms with Crippen LogP contribution < -0.4 is 0 Å². The fourth-order valence-corrected chi connectivity index (χ4v) is 3.88. The number of halogens is 3. The number of rotatable bonds is 3. The van der Waals surface area contributed by atoms with E-state index in [0.29, 0.717) is 23.5 Å². The minimum atomic E-state index is -4.32. The average Bonchev–Trinajstić information content (AvgIpc) is 2.82. The van der Waals surface area contributed by atoms with Gasteiger partial charge in [-0.1, -0.05) is 12.8 Å². The number of nitrogens with zero attached hydrogens (tertiary/aromatic N) is 3. The molecule has 0 unspecified atom stereocenters. The zero-order valence-corrected chi connectivity index (χ0v) is 15.6. The van der Waals surface area contributed by atoms with Gasteiger partial charge in [0.25, 0.3) is 5.91 Å². The Hall–Kier alpha value is -2.31. The van der Waals surface area contributed by atoms with Crippen LogP contribution in [0.3, 0.4) is 0 Å². The summed E-state index contributed by atoms with van der Waals surface area (Å²) in [6, 6.07) is 5.32. The molecule has 1 fully saturated rings. The third kappa shape index (κ3) is 4.34. The second kappa shape index (κ2) is 7.74. The number of pyridine rings is 1. The second-order valence-corrected chi connectivity index (χ2v) is 7.13. The van der Waals surface area contributed by atoms with Crippen LogP contribution in [0.2, 0.25) is 0 Å². The maximum Gasteiger partial charge on any atom is 0.406 e. The number of carbonyl (C=O) groups is 1. The van der Waals surface area contributed by atoms with Crippen molar-refractivity contribution >= 4 is 5.91 Å². The first-order valence-electron chi connectivity index (χ1n) is 9.22. The summed E-state index contributed by atoms with van der Waals surface area (Å²) in [5.74, 6) is -0.194. The molecule has 0 spiro atoms. The quantitative estimate of drug-likeness (QED) is 0.767. The van der Waals surface area contributed by atoms with Crippen LogP contribution in [-0.2, 0) is 6.54 Å². The van der Waals surface area contributed by atoms with Gasteiger partial charge in [0, 0.05) is 30.3 Å². The Bertz CT molecular complexity index is 799. The predicted octanol–water partition coefficient (Wildman–Crippen LogP) is 4.82. The summed E-state index contributed by atoms with van der Waals surface area (Å²) >= 11 is 0. The molecule has 1 saturated heterocycles. The highest BCUT2D eigenvalue weighted by atomic mass is 19.4. The normalized spacial score (nSPS) is 18.4. The molecule has 2 aromatic rings. The van der Waals surface area contributed by atoms with Crippen LogP contribution in [0.5, 0.6) is 0 Å². The monoisotopic (exact) mass is 379 g/mol. The first-order valence-corrected chi connectivity index (χ1v) is 9.22. The highest BCUT2D eigenvalue weighted by molar-refractivity contribution is 5.96. The van der Waals surface area contributed by atoms with Crippen LogP contribution in [0, 0.1) is 13.8 Å². The topological polar surface area (TPSA) is 38.1 Å². The summed E-state index contributed by atoms with van der Waals surface area (Å²) in [5.41, 5.74) is 2.19. The molecule has 1 aliphatic heterocycles. The summed E-state index contributed by atoms with van der Waals surface area (Å²) in [6.45, 7) is 2.73. The Balaban J connectivity index is 1.94. The lowest BCUT2D eigenvalue weighted by atomic mass is 10.0. The lowest BCUT2D eigenvalue weighted by molar-refractivity contribution is -0.141. The molecule has 7 heteroatoms. The van der Waals surface area contributed by atoms with Crippen LogP contribution in [0.15, 0.2) is 30.6 Å². The Kier molecular flexibility index (Phi) is 5.58. The highest BCUT2D eigenvalue weighted by Crippen LogP contribution is 2.32. The number of aryl methyl sites for hydroxylation is 1. The SMILES string of the molecule is Cc1cc(C(=O)N2CCCCC[C@H]2c2ccncc2)c(C)n1CC(F)(F)F. The van der Waals surface area contributed by atoms with Crippen LogP contribution in [0.1, 0.15) is 59.0 Å². The summed E-state index contributed by atoms with van der Waals surface area (Å²) in [4.78, 5) is 19.2. The van der Waals surface area contributed by atoms with E-state index in [9.17, 15) is 18.0 Å². The average molecular weight is 379 g/mol. The number of hydrogen-bond acceptors (Lipinski definition) is 2. The van der Waals surface area contributed by atoms with E-state index in [1.807, 2.05) is 17.0 Å². The molecular formula is C20H24F3N3O. The van der Waals surface area contributed by atoms with Gasteiger partial charge in [-0.15, -0.1) is 0 Å². The summed E-state index contributed by atoms with van der Waals surface area (Å²) in [6.07, 6.45) is 2.89. The minimum absolute atomic E-state index is 0.0753. The number of carbonyl (C=O) groups excluding carboxylic acids is 1. The van der Waals surface area contributed by atoms with Gasteiger partial charge in [-0.05, 0) is 50.5 Å². The smallest absolute Gasteiger partial charge is 0.339 e. The van der Waals surface area contributed by atoms with E-state index in [1.54, 1.807) is 32.3 Å². The molecule has 4 nitrogen and oxygen atoms in total. The molecule has 0 aromatic carbocycles. The molecule has 0 bridgehead atoms. The van der Waals surface area contributed by atoms with Crippen LogP contribution in [0.4, 0.5) is 13.2 Å². The molecule has 1 amide bonds. The number of hydrogen-bond donors (Lipinski definition) is 0.